The fourth-order valence-corrected chi connectivity index (χ4v) is 1.17. The minimum Gasteiger partial charge on any atom is -0.476 e. The Hall–Kier alpha value is -2.38. The molecule has 0 radical (unpaired) electrons. The summed E-state index contributed by atoms with van der Waals surface area (Å²) in [5, 5.41) is 15.1. The van der Waals surface area contributed by atoms with Gasteiger partial charge in [-0.3, -0.25) is 0 Å². The van der Waals surface area contributed by atoms with E-state index in [1.54, 1.807) is 0 Å². The predicted molar refractivity (Wildman–Crippen MR) is 48.2 cm³/mol. The van der Waals surface area contributed by atoms with E-state index in [1.165, 1.54) is 0 Å². The average molecular weight is 243 g/mol. The Morgan fingerprint density at radius 1 is 1.24 bits per heavy atom. The first-order valence-corrected chi connectivity index (χ1v) is 4.30. The zero-order valence-electron chi connectivity index (χ0n) is 8.06. The lowest BCUT2D eigenvalue weighted by atomic mass is 10.3. The van der Waals surface area contributed by atoms with Gasteiger partial charge in [0.15, 0.2) is 23.1 Å². The zero-order valence-corrected chi connectivity index (χ0v) is 8.06. The van der Waals surface area contributed by atoms with Crippen LogP contribution in [0.1, 0.15) is 10.5 Å². The highest BCUT2D eigenvalue weighted by atomic mass is 19.2. The summed E-state index contributed by atoms with van der Waals surface area (Å²) in [6.07, 6.45) is 0.887. The summed E-state index contributed by atoms with van der Waals surface area (Å²) in [7, 11) is 0. The summed E-state index contributed by atoms with van der Waals surface area (Å²) < 4.78 is 39.6. The highest BCUT2D eigenvalue weighted by Crippen LogP contribution is 2.18. The molecule has 0 aliphatic carbocycles. The van der Waals surface area contributed by atoms with Gasteiger partial charge in [-0.05, 0) is 12.1 Å². The van der Waals surface area contributed by atoms with Crippen LogP contribution in [0.5, 0.6) is 0 Å². The first-order chi connectivity index (χ1) is 8.00. The van der Waals surface area contributed by atoms with Gasteiger partial charge in [0.05, 0.1) is 6.20 Å². The smallest absolute Gasteiger partial charge is 0.358 e. The Balaban J connectivity index is 2.53. The number of aromatic carboxylic acids is 1. The number of rotatable bonds is 2. The number of aromatic nitrogens is 3. The number of benzene rings is 1. The molecular weight excluding hydrogens is 239 g/mol. The topological polar surface area (TPSA) is 68.0 Å². The molecule has 1 heterocycles. The summed E-state index contributed by atoms with van der Waals surface area (Å²) in [6, 6.07) is 1.63. The van der Waals surface area contributed by atoms with Crippen molar-refractivity contribution in [3.05, 3.63) is 41.5 Å². The summed E-state index contributed by atoms with van der Waals surface area (Å²) >= 11 is 0. The first kappa shape index (κ1) is 11.1. The van der Waals surface area contributed by atoms with Crippen molar-refractivity contribution in [2.45, 2.75) is 0 Å². The van der Waals surface area contributed by atoms with E-state index in [-0.39, 0.29) is 0 Å². The maximum Gasteiger partial charge on any atom is 0.358 e. The molecule has 1 N–H and O–H groups in total. The van der Waals surface area contributed by atoms with Crippen molar-refractivity contribution in [3.63, 3.8) is 0 Å². The molecule has 0 spiro atoms. The predicted octanol–water partition coefficient (Wildman–Crippen LogP) is 1.38. The number of hydrogen-bond donors (Lipinski definition) is 1. The fourth-order valence-electron chi connectivity index (χ4n) is 1.17. The van der Waals surface area contributed by atoms with E-state index in [0.717, 1.165) is 12.3 Å². The number of carboxylic acids is 1. The van der Waals surface area contributed by atoms with Crippen molar-refractivity contribution < 1.29 is 23.1 Å². The van der Waals surface area contributed by atoms with Gasteiger partial charge in [0.1, 0.15) is 5.69 Å². The van der Waals surface area contributed by atoms with Gasteiger partial charge in [-0.25, -0.2) is 22.6 Å². The quantitative estimate of drug-likeness (QED) is 0.809. The Morgan fingerprint density at radius 3 is 2.53 bits per heavy atom. The Kier molecular flexibility index (Phi) is 2.54. The molecule has 88 valence electrons. The lowest BCUT2D eigenvalue weighted by Gasteiger charge is -2.02. The summed E-state index contributed by atoms with van der Waals surface area (Å²) in [5.41, 5.74) is -0.863. The third-order valence-electron chi connectivity index (χ3n) is 1.97. The van der Waals surface area contributed by atoms with Crippen molar-refractivity contribution in [2.24, 2.45) is 0 Å². The van der Waals surface area contributed by atoms with E-state index in [4.69, 9.17) is 5.11 Å². The first-order valence-electron chi connectivity index (χ1n) is 4.30. The lowest BCUT2D eigenvalue weighted by molar-refractivity contribution is 0.0690. The monoisotopic (exact) mass is 243 g/mol. The molecule has 0 atom stereocenters. The van der Waals surface area contributed by atoms with Gasteiger partial charge in [0.25, 0.3) is 0 Å². The molecule has 0 fully saturated rings. The maximum absolute atomic E-state index is 13.3. The largest absolute Gasteiger partial charge is 0.476 e. The standard InChI is InChI=1S/C9H4F3N3O2/c10-4-1-2-6(8(12)7(4)11)15-3-5(9(16)17)13-14-15/h1-3H,(H,16,17). The highest BCUT2D eigenvalue weighted by molar-refractivity contribution is 5.84. The van der Waals surface area contributed by atoms with Crippen LogP contribution in [0.3, 0.4) is 0 Å². The third kappa shape index (κ3) is 1.84. The van der Waals surface area contributed by atoms with Gasteiger partial charge < -0.3 is 5.11 Å². The molecule has 0 bridgehead atoms. The molecule has 5 nitrogen and oxygen atoms in total. The molecule has 8 heteroatoms. The van der Waals surface area contributed by atoms with Crippen LogP contribution in [0.2, 0.25) is 0 Å². The van der Waals surface area contributed by atoms with Crippen LogP contribution in [-0.4, -0.2) is 26.1 Å². The van der Waals surface area contributed by atoms with Crippen molar-refractivity contribution in [1.29, 1.82) is 0 Å². The van der Waals surface area contributed by atoms with Crippen LogP contribution in [0, 0.1) is 17.5 Å². The highest BCUT2D eigenvalue weighted by Gasteiger charge is 2.17. The molecule has 1 aromatic heterocycles. The molecule has 0 unspecified atom stereocenters. The summed E-state index contributed by atoms with van der Waals surface area (Å²) in [4.78, 5) is 10.5. The molecule has 0 amide bonds. The van der Waals surface area contributed by atoms with Crippen LogP contribution in [0.4, 0.5) is 13.2 Å². The van der Waals surface area contributed by atoms with Crippen molar-refractivity contribution in [2.75, 3.05) is 0 Å². The Morgan fingerprint density at radius 2 is 1.94 bits per heavy atom. The molecule has 0 aliphatic heterocycles. The van der Waals surface area contributed by atoms with Crippen LogP contribution >= 0.6 is 0 Å². The summed E-state index contributed by atoms with van der Waals surface area (Å²) in [5.74, 6) is -5.83. The number of carbonyl (C=O) groups is 1. The van der Waals surface area contributed by atoms with E-state index in [1.807, 2.05) is 0 Å². The van der Waals surface area contributed by atoms with E-state index in [0.29, 0.717) is 10.7 Å². The molecule has 1 aromatic carbocycles. The van der Waals surface area contributed by atoms with E-state index >= 15 is 0 Å². The molecule has 2 rings (SSSR count). The number of carboxylic acid groups (broad SMARTS) is 1. The number of halogens is 3. The maximum atomic E-state index is 13.3. The second kappa shape index (κ2) is 3.89. The second-order valence-electron chi connectivity index (χ2n) is 3.05. The van der Waals surface area contributed by atoms with Gasteiger partial charge in [0, 0.05) is 0 Å². The Labute approximate surface area is 92.1 Å². The molecule has 17 heavy (non-hydrogen) atoms. The molecular formula is C9H4F3N3O2. The van der Waals surface area contributed by atoms with Gasteiger partial charge >= 0.3 is 5.97 Å². The van der Waals surface area contributed by atoms with Crippen LogP contribution in [0.25, 0.3) is 5.69 Å². The van der Waals surface area contributed by atoms with E-state index in [9.17, 15) is 18.0 Å². The molecule has 0 saturated heterocycles. The van der Waals surface area contributed by atoms with Crippen LogP contribution in [-0.2, 0) is 0 Å². The van der Waals surface area contributed by atoms with Gasteiger partial charge in [-0.2, -0.15) is 0 Å². The third-order valence-corrected chi connectivity index (χ3v) is 1.97. The number of nitrogens with zero attached hydrogens (tertiary/aromatic N) is 3. The minimum absolute atomic E-state index is 0.427. The minimum atomic E-state index is -1.66. The van der Waals surface area contributed by atoms with Gasteiger partial charge in [-0.15, -0.1) is 5.10 Å². The number of hydrogen-bond acceptors (Lipinski definition) is 3. The van der Waals surface area contributed by atoms with E-state index in [2.05, 4.69) is 10.3 Å². The Bertz CT molecular complexity index is 597. The normalized spacial score (nSPS) is 10.5. The second-order valence-corrected chi connectivity index (χ2v) is 3.05. The van der Waals surface area contributed by atoms with Gasteiger partial charge in [-0.1, -0.05) is 5.21 Å². The zero-order chi connectivity index (χ0) is 12.6. The van der Waals surface area contributed by atoms with Crippen molar-refractivity contribution >= 4 is 5.97 Å². The molecule has 2 aromatic rings. The lowest BCUT2D eigenvalue weighted by Crippen LogP contribution is -2.02. The fraction of sp³-hybridized carbons (Fsp3) is 0. The molecule has 0 saturated carbocycles. The average Bonchev–Trinajstić information content (AvgIpc) is 2.75. The molecule has 0 aliphatic rings. The summed E-state index contributed by atoms with van der Waals surface area (Å²) in [6.45, 7) is 0. The van der Waals surface area contributed by atoms with Crippen molar-refractivity contribution in [3.8, 4) is 5.69 Å². The van der Waals surface area contributed by atoms with Crippen LogP contribution < -0.4 is 0 Å². The van der Waals surface area contributed by atoms with Crippen molar-refractivity contribution in [1.82, 2.24) is 15.0 Å². The van der Waals surface area contributed by atoms with E-state index < -0.39 is 34.8 Å². The van der Waals surface area contributed by atoms with Gasteiger partial charge in [0.2, 0.25) is 0 Å². The van der Waals surface area contributed by atoms with Crippen LogP contribution in [0.15, 0.2) is 18.3 Å². The SMILES string of the molecule is O=C(O)c1cn(-c2ccc(F)c(F)c2F)nn1.